The molecule has 0 amide bonds. The van der Waals surface area contributed by atoms with Gasteiger partial charge in [-0.2, -0.15) is 0 Å². The van der Waals surface area contributed by atoms with E-state index in [9.17, 15) is 0 Å². The molecular weight excluding hydrogens is 179 g/mol. The minimum absolute atomic E-state index is 0.0492. The molecule has 0 aromatic heterocycles. The van der Waals surface area contributed by atoms with Gasteiger partial charge in [0.05, 0.1) is 0 Å². The second-order valence-electron chi connectivity index (χ2n) is 4.14. The first-order chi connectivity index (χ1) is 6.79. The summed E-state index contributed by atoms with van der Waals surface area (Å²) >= 11 is 0. The topological polar surface area (TPSA) is 49.7 Å². The van der Waals surface area contributed by atoms with Gasteiger partial charge in [-0.05, 0) is 12.8 Å². The van der Waals surface area contributed by atoms with Gasteiger partial charge >= 0.3 is 7.32 Å². The minimum Gasteiger partial charge on any atom is -0.402 e. The zero-order chi connectivity index (χ0) is 10.2. The molecule has 0 bridgehead atoms. The summed E-state index contributed by atoms with van der Waals surface area (Å²) in [6.45, 7) is 0. The van der Waals surface area contributed by atoms with Crippen molar-refractivity contribution in [1.82, 2.24) is 0 Å². The lowest BCUT2D eigenvalue weighted by Crippen LogP contribution is -2.26. The van der Waals surface area contributed by atoms with Gasteiger partial charge in [0, 0.05) is 6.10 Å². The van der Waals surface area contributed by atoms with Gasteiger partial charge in [-0.3, -0.25) is 0 Å². The molecule has 1 aliphatic rings. The highest BCUT2D eigenvalue weighted by Crippen LogP contribution is 2.18. The first-order valence-electron chi connectivity index (χ1n) is 5.80. The van der Waals surface area contributed by atoms with Gasteiger partial charge in [0.25, 0.3) is 0 Å². The normalized spacial score (nSPS) is 21.9. The Hall–Kier alpha value is -0.0551. The highest BCUT2D eigenvalue weighted by atomic mass is 16.6. The molecule has 0 unspecified atom stereocenters. The molecule has 3 nitrogen and oxygen atoms in total. The standard InChI is InChI=1S/C10H21BO3/c12-11(13)14-10-8-6-4-2-1-3-5-7-9-10/h10,12-13H,1-9H2. The molecule has 0 aliphatic heterocycles. The van der Waals surface area contributed by atoms with E-state index in [1.54, 1.807) is 0 Å². The number of hydrogen-bond acceptors (Lipinski definition) is 3. The van der Waals surface area contributed by atoms with Crippen molar-refractivity contribution in [2.24, 2.45) is 0 Å². The molecule has 2 N–H and O–H groups in total. The fourth-order valence-corrected chi connectivity index (χ4v) is 2.08. The second-order valence-corrected chi connectivity index (χ2v) is 4.14. The van der Waals surface area contributed by atoms with Gasteiger partial charge in [0.2, 0.25) is 0 Å². The fourth-order valence-electron chi connectivity index (χ4n) is 2.08. The smallest absolute Gasteiger partial charge is 0.402 e. The quantitative estimate of drug-likeness (QED) is 0.669. The average Bonchev–Trinajstić information content (AvgIpc) is 2.15. The van der Waals surface area contributed by atoms with E-state index in [1.807, 2.05) is 0 Å². The van der Waals surface area contributed by atoms with Crippen LogP contribution < -0.4 is 0 Å². The molecule has 0 saturated heterocycles. The Balaban J connectivity index is 2.23. The third-order valence-corrected chi connectivity index (χ3v) is 2.87. The molecule has 1 rings (SSSR count). The van der Waals surface area contributed by atoms with Crippen molar-refractivity contribution >= 4 is 7.32 Å². The third kappa shape index (κ3) is 5.63. The second kappa shape index (κ2) is 7.26. The lowest BCUT2D eigenvalue weighted by molar-refractivity contribution is 0.0998. The molecule has 0 spiro atoms. The molecule has 1 fully saturated rings. The Labute approximate surface area is 86.6 Å². The number of hydrogen-bond donors (Lipinski definition) is 2. The van der Waals surface area contributed by atoms with Crippen LogP contribution in [0.5, 0.6) is 0 Å². The largest absolute Gasteiger partial charge is 0.634 e. The van der Waals surface area contributed by atoms with Crippen molar-refractivity contribution in [2.75, 3.05) is 0 Å². The third-order valence-electron chi connectivity index (χ3n) is 2.87. The summed E-state index contributed by atoms with van der Waals surface area (Å²) in [5.74, 6) is 0. The predicted molar refractivity (Wildman–Crippen MR) is 56.6 cm³/mol. The summed E-state index contributed by atoms with van der Waals surface area (Å²) in [5, 5.41) is 17.5. The van der Waals surface area contributed by atoms with Gasteiger partial charge in [-0.25, -0.2) is 0 Å². The summed E-state index contributed by atoms with van der Waals surface area (Å²) in [5.41, 5.74) is 0. The maximum Gasteiger partial charge on any atom is 0.634 e. The van der Waals surface area contributed by atoms with Crippen molar-refractivity contribution in [3.05, 3.63) is 0 Å². The van der Waals surface area contributed by atoms with Gasteiger partial charge in [0.1, 0.15) is 0 Å². The van der Waals surface area contributed by atoms with Crippen LogP contribution in [-0.2, 0) is 4.65 Å². The van der Waals surface area contributed by atoms with Crippen LogP contribution in [0, 0.1) is 0 Å². The van der Waals surface area contributed by atoms with Crippen molar-refractivity contribution in [1.29, 1.82) is 0 Å². The van der Waals surface area contributed by atoms with Crippen molar-refractivity contribution in [3.8, 4) is 0 Å². The van der Waals surface area contributed by atoms with Crippen LogP contribution in [0.2, 0.25) is 0 Å². The molecular formula is C10H21BO3. The molecule has 4 heteroatoms. The Morgan fingerprint density at radius 1 is 0.786 bits per heavy atom. The first kappa shape index (κ1) is 12.0. The van der Waals surface area contributed by atoms with Gasteiger partial charge < -0.3 is 14.7 Å². The summed E-state index contributed by atoms with van der Waals surface area (Å²) in [4.78, 5) is 0. The van der Waals surface area contributed by atoms with Crippen LogP contribution in [0.3, 0.4) is 0 Å². The van der Waals surface area contributed by atoms with E-state index in [1.165, 1.54) is 32.1 Å². The molecule has 14 heavy (non-hydrogen) atoms. The molecule has 0 heterocycles. The maximum atomic E-state index is 8.73. The maximum absolute atomic E-state index is 8.73. The van der Waals surface area contributed by atoms with Crippen LogP contribution in [0.4, 0.5) is 0 Å². The monoisotopic (exact) mass is 200 g/mol. The molecule has 0 aromatic carbocycles. The summed E-state index contributed by atoms with van der Waals surface area (Å²) in [6.07, 6.45) is 10.8. The Bertz CT molecular complexity index is 131. The molecule has 0 atom stereocenters. The van der Waals surface area contributed by atoms with E-state index in [4.69, 9.17) is 14.7 Å². The molecule has 0 radical (unpaired) electrons. The molecule has 1 aliphatic carbocycles. The summed E-state index contributed by atoms with van der Waals surface area (Å²) in [6, 6.07) is 0. The molecule has 1 saturated carbocycles. The van der Waals surface area contributed by atoms with E-state index in [2.05, 4.69) is 0 Å². The van der Waals surface area contributed by atoms with Gasteiger partial charge in [0.15, 0.2) is 0 Å². The van der Waals surface area contributed by atoms with Crippen molar-refractivity contribution in [3.63, 3.8) is 0 Å². The van der Waals surface area contributed by atoms with E-state index >= 15 is 0 Å². The molecule has 0 aromatic rings. The van der Waals surface area contributed by atoms with Crippen LogP contribution in [0.15, 0.2) is 0 Å². The Kier molecular flexibility index (Phi) is 6.24. The SMILES string of the molecule is OB(O)OC1CCCCCCCCC1. The Morgan fingerprint density at radius 3 is 1.64 bits per heavy atom. The highest BCUT2D eigenvalue weighted by molar-refractivity contribution is 6.32. The van der Waals surface area contributed by atoms with Gasteiger partial charge in [-0.1, -0.05) is 44.9 Å². The summed E-state index contributed by atoms with van der Waals surface area (Å²) in [7, 11) is -1.59. The van der Waals surface area contributed by atoms with Crippen LogP contribution in [-0.4, -0.2) is 23.5 Å². The average molecular weight is 200 g/mol. The van der Waals surface area contributed by atoms with E-state index in [0.29, 0.717) is 0 Å². The van der Waals surface area contributed by atoms with Crippen LogP contribution >= 0.6 is 0 Å². The number of rotatable bonds is 2. The molecule has 82 valence electrons. The van der Waals surface area contributed by atoms with E-state index in [0.717, 1.165) is 25.7 Å². The predicted octanol–water partition coefficient (Wildman–Crippen LogP) is 1.87. The minimum atomic E-state index is -1.59. The van der Waals surface area contributed by atoms with Crippen LogP contribution in [0.25, 0.3) is 0 Å². The highest BCUT2D eigenvalue weighted by Gasteiger charge is 2.17. The lowest BCUT2D eigenvalue weighted by atomic mass is 9.98. The van der Waals surface area contributed by atoms with Crippen LogP contribution in [0.1, 0.15) is 57.8 Å². The van der Waals surface area contributed by atoms with E-state index in [-0.39, 0.29) is 6.10 Å². The van der Waals surface area contributed by atoms with Crippen molar-refractivity contribution in [2.45, 2.75) is 63.9 Å². The first-order valence-corrected chi connectivity index (χ1v) is 5.80. The Morgan fingerprint density at radius 2 is 1.21 bits per heavy atom. The summed E-state index contributed by atoms with van der Waals surface area (Å²) < 4.78 is 5.03. The fraction of sp³-hybridized carbons (Fsp3) is 1.00. The lowest BCUT2D eigenvalue weighted by Gasteiger charge is -2.18. The zero-order valence-electron chi connectivity index (χ0n) is 8.82. The van der Waals surface area contributed by atoms with Gasteiger partial charge in [-0.15, -0.1) is 0 Å². The van der Waals surface area contributed by atoms with E-state index < -0.39 is 7.32 Å². The zero-order valence-corrected chi connectivity index (χ0v) is 8.82. The van der Waals surface area contributed by atoms with Crippen molar-refractivity contribution < 1.29 is 14.7 Å².